The van der Waals surface area contributed by atoms with Crippen molar-refractivity contribution in [3.05, 3.63) is 47.8 Å². The van der Waals surface area contributed by atoms with Crippen molar-refractivity contribution in [3.8, 4) is 5.69 Å². The number of esters is 1. The van der Waals surface area contributed by atoms with Crippen molar-refractivity contribution < 1.29 is 14.3 Å². The normalized spacial score (nSPS) is 11.2. The maximum Gasteiger partial charge on any atom is 0.341 e. The van der Waals surface area contributed by atoms with Gasteiger partial charge in [0.1, 0.15) is 11.8 Å². The van der Waals surface area contributed by atoms with Crippen molar-refractivity contribution in [2.75, 3.05) is 6.61 Å². The summed E-state index contributed by atoms with van der Waals surface area (Å²) in [7, 11) is 0. The third-order valence-corrected chi connectivity index (χ3v) is 3.31. The highest BCUT2D eigenvalue weighted by atomic mass is 16.5. The van der Waals surface area contributed by atoms with E-state index < -0.39 is 11.4 Å². The first kappa shape index (κ1) is 15.9. The van der Waals surface area contributed by atoms with E-state index in [9.17, 15) is 9.59 Å². The minimum Gasteiger partial charge on any atom is -0.462 e. The second-order valence-electron chi connectivity index (χ2n) is 5.76. The van der Waals surface area contributed by atoms with E-state index in [0.717, 1.165) is 12.0 Å². The smallest absolute Gasteiger partial charge is 0.341 e. The molecule has 0 spiro atoms. The third-order valence-electron chi connectivity index (χ3n) is 3.31. The van der Waals surface area contributed by atoms with Crippen LogP contribution in [0, 0.1) is 5.41 Å². The summed E-state index contributed by atoms with van der Waals surface area (Å²) >= 11 is 0. The van der Waals surface area contributed by atoms with Gasteiger partial charge in [-0.05, 0) is 19.1 Å². The molecule has 0 saturated carbocycles. The average Bonchev–Trinajstić information content (AvgIpc) is 2.91. The monoisotopic (exact) mass is 300 g/mol. The quantitative estimate of drug-likeness (QED) is 0.608. The van der Waals surface area contributed by atoms with Gasteiger partial charge in [-0.3, -0.25) is 0 Å². The minimum atomic E-state index is -0.589. The summed E-state index contributed by atoms with van der Waals surface area (Å²) < 4.78 is 6.78. The van der Waals surface area contributed by atoms with Crippen LogP contribution in [0.4, 0.5) is 0 Å². The summed E-state index contributed by atoms with van der Waals surface area (Å²) in [5, 5.41) is 4.31. The van der Waals surface area contributed by atoms with Crippen LogP contribution in [-0.2, 0) is 16.0 Å². The van der Waals surface area contributed by atoms with E-state index in [-0.39, 0.29) is 0 Å². The summed E-state index contributed by atoms with van der Waals surface area (Å²) in [6.45, 7) is 5.72. The summed E-state index contributed by atoms with van der Waals surface area (Å²) in [6.07, 6.45) is 2.80. The van der Waals surface area contributed by atoms with Crippen molar-refractivity contribution >= 4 is 12.3 Å². The first-order valence-corrected chi connectivity index (χ1v) is 7.24. The maximum atomic E-state index is 12.1. The molecule has 0 unspecified atom stereocenters. The van der Waals surface area contributed by atoms with Crippen molar-refractivity contribution in [3.63, 3.8) is 0 Å². The number of aromatic nitrogens is 2. The molecule has 2 aromatic rings. The van der Waals surface area contributed by atoms with Gasteiger partial charge < -0.3 is 9.53 Å². The molecule has 0 aliphatic heterocycles. The molecule has 0 saturated heterocycles. The zero-order valence-electron chi connectivity index (χ0n) is 13.1. The third kappa shape index (κ3) is 3.42. The lowest BCUT2D eigenvalue weighted by Gasteiger charge is -2.18. The van der Waals surface area contributed by atoms with E-state index in [0.29, 0.717) is 24.3 Å². The van der Waals surface area contributed by atoms with Crippen LogP contribution >= 0.6 is 0 Å². The molecule has 1 heterocycles. The standard InChI is InChI=1S/C17H20N2O3/c1-4-22-16(21)14-11-18-19(13-8-6-5-7-9-13)15(14)10-17(2,3)12-20/h5-9,11-12H,4,10H2,1-3H3. The Bertz CT molecular complexity index is 660. The number of hydrogen-bond acceptors (Lipinski definition) is 4. The fraction of sp³-hybridized carbons (Fsp3) is 0.353. The van der Waals surface area contributed by atoms with Crippen LogP contribution in [0.25, 0.3) is 5.69 Å². The molecule has 1 aromatic heterocycles. The predicted octanol–water partition coefficient (Wildman–Crippen LogP) is 2.82. The molecule has 0 atom stereocenters. The molecule has 0 aliphatic carbocycles. The number of carbonyl (C=O) groups is 2. The second-order valence-corrected chi connectivity index (χ2v) is 5.76. The van der Waals surface area contributed by atoms with Gasteiger partial charge in [0, 0.05) is 11.8 Å². The number of hydrogen-bond donors (Lipinski definition) is 0. The van der Waals surface area contributed by atoms with Crippen LogP contribution in [0.1, 0.15) is 36.8 Å². The topological polar surface area (TPSA) is 61.2 Å². The zero-order valence-corrected chi connectivity index (χ0v) is 13.1. The lowest BCUT2D eigenvalue weighted by Crippen LogP contribution is -2.21. The van der Waals surface area contributed by atoms with Gasteiger partial charge in [0.2, 0.25) is 0 Å². The van der Waals surface area contributed by atoms with E-state index in [4.69, 9.17) is 4.74 Å². The van der Waals surface area contributed by atoms with E-state index in [1.54, 1.807) is 11.6 Å². The fourth-order valence-electron chi connectivity index (χ4n) is 2.19. The second kappa shape index (κ2) is 6.56. The van der Waals surface area contributed by atoms with Crippen LogP contribution in [0.3, 0.4) is 0 Å². The summed E-state index contributed by atoms with van der Waals surface area (Å²) in [6, 6.07) is 9.51. The highest BCUT2D eigenvalue weighted by Gasteiger charge is 2.26. The van der Waals surface area contributed by atoms with Crippen molar-refractivity contribution in [1.82, 2.24) is 9.78 Å². The maximum absolute atomic E-state index is 12.1. The molecule has 116 valence electrons. The average molecular weight is 300 g/mol. The Morgan fingerprint density at radius 1 is 1.32 bits per heavy atom. The van der Waals surface area contributed by atoms with Crippen molar-refractivity contribution in [2.45, 2.75) is 27.2 Å². The lowest BCUT2D eigenvalue weighted by molar-refractivity contribution is -0.114. The largest absolute Gasteiger partial charge is 0.462 e. The molecule has 5 heteroatoms. The van der Waals surface area contributed by atoms with Crippen LogP contribution in [-0.4, -0.2) is 28.6 Å². The minimum absolute atomic E-state index is 0.297. The molecule has 1 aromatic carbocycles. The molecule has 0 radical (unpaired) electrons. The number of nitrogens with zero attached hydrogens (tertiary/aromatic N) is 2. The molecule has 0 fully saturated rings. The van der Waals surface area contributed by atoms with Gasteiger partial charge in [0.05, 0.1) is 24.2 Å². The van der Waals surface area contributed by atoms with E-state index >= 15 is 0 Å². The van der Waals surface area contributed by atoms with Crippen molar-refractivity contribution in [2.24, 2.45) is 5.41 Å². The van der Waals surface area contributed by atoms with Crippen LogP contribution < -0.4 is 0 Å². The molecule has 22 heavy (non-hydrogen) atoms. The number of carbonyl (C=O) groups excluding carboxylic acids is 2. The van der Waals surface area contributed by atoms with E-state index in [1.807, 2.05) is 44.2 Å². The van der Waals surface area contributed by atoms with Gasteiger partial charge in [0.25, 0.3) is 0 Å². The fourth-order valence-corrected chi connectivity index (χ4v) is 2.19. The number of benzene rings is 1. The van der Waals surface area contributed by atoms with Gasteiger partial charge in [-0.2, -0.15) is 5.10 Å². The van der Waals surface area contributed by atoms with Crippen LogP contribution in [0.2, 0.25) is 0 Å². The molecule has 2 rings (SSSR count). The van der Waals surface area contributed by atoms with Gasteiger partial charge in [-0.15, -0.1) is 0 Å². The molecular weight excluding hydrogens is 280 g/mol. The first-order valence-electron chi connectivity index (χ1n) is 7.24. The molecule has 5 nitrogen and oxygen atoms in total. The summed E-state index contributed by atoms with van der Waals surface area (Å²) in [4.78, 5) is 23.4. The Morgan fingerprint density at radius 3 is 2.59 bits per heavy atom. The number of aldehydes is 1. The SMILES string of the molecule is CCOC(=O)c1cnn(-c2ccccc2)c1CC(C)(C)C=O. The van der Waals surface area contributed by atoms with Crippen LogP contribution in [0.5, 0.6) is 0 Å². The number of ether oxygens (including phenoxy) is 1. The Balaban J connectivity index is 2.51. The van der Waals surface area contributed by atoms with Gasteiger partial charge in [0.15, 0.2) is 0 Å². The highest BCUT2D eigenvalue weighted by Crippen LogP contribution is 2.24. The molecular formula is C17H20N2O3. The molecule has 0 aliphatic rings. The zero-order chi connectivity index (χ0) is 16.2. The van der Waals surface area contributed by atoms with Crippen LogP contribution in [0.15, 0.2) is 36.5 Å². The van der Waals surface area contributed by atoms with Gasteiger partial charge in [-0.25, -0.2) is 9.48 Å². The van der Waals surface area contributed by atoms with Crippen molar-refractivity contribution in [1.29, 1.82) is 0 Å². The van der Waals surface area contributed by atoms with E-state index in [1.165, 1.54) is 6.20 Å². The Labute approximate surface area is 129 Å². The molecule has 0 bridgehead atoms. The molecule has 0 amide bonds. The predicted molar refractivity (Wildman–Crippen MR) is 83.1 cm³/mol. The number of rotatable bonds is 6. The Hall–Kier alpha value is -2.43. The van der Waals surface area contributed by atoms with Gasteiger partial charge >= 0.3 is 5.97 Å². The van der Waals surface area contributed by atoms with E-state index in [2.05, 4.69) is 5.10 Å². The first-order chi connectivity index (χ1) is 10.5. The Kier molecular flexibility index (Phi) is 4.75. The molecule has 0 N–H and O–H groups in total. The Morgan fingerprint density at radius 2 is 2.00 bits per heavy atom. The summed E-state index contributed by atoms with van der Waals surface area (Å²) in [5.74, 6) is -0.415. The highest BCUT2D eigenvalue weighted by molar-refractivity contribution is 5.90. The van der Waals surface area contributed by atoms with Gasteiger partial charge in [-0.1, -0.05) is 32.0 Å². The number of para-hydroxylation sites is 1. The summed E-state index contributed by atoms with van der Waals surface area (Å²) in [5.41, 5.74) is 1.34. The lowest BCUT2D eigenvalue weighted by atomic mass is 9.88.